The molecule has 4 aliphatic rings. The Hall–Kier alpha value is -2.78. The molecule has 14 heteroatoms. The normalized spacial score (nSPS) is 29.2. The van der Waals surface area contributed by atoms with Crippen LogP contribution >= 0.6 is 11.6 Å². The summed E-state index contributed by atoms with van der Waals surface area (Å²) in [6.45, 7) is 7.44. The molecule has 3 heterocycles. The summed E-state index contributed by atoms with van der Waals surface area (Å²) in [6, 6.07) is 10.1. The standard InChI is InChI=1S/C39H54ClFN4O7S/c1-26-7-11-33(41)37(35(46)23-43(3)16-17-51-19-18-50-4)45-15-13-31(45)22-44-24-39(14-5-6-28-20-30(40)9-10-32(28)39)25-52-36-12-8-29(21-34(36)44)38(47)42-53(48,49)27(26)2/h8-12,20-21,26-27,31,35,37,46H,5-7,13-19,22-25H2,1-4H3,(H,42,47)/b33-11-/t26-,27+,31-,35-,37+,39-/m0/s1. The fraction of sp³-hybridized carbons (Fsp3) is 0.615. The molecule has 2 N–H and O–H groups in total. The number of sulfonamides is 1. The smallest absolute Gasteiger partial charge is 0.264 e. The van der Waals surface area contributed by atoms with Crippen molar-refractivity contribution in [3.05, 3.63) is 70.0 Å². The average molecular weight is 777 g/mol. The Morgan fingerprint density at radius 2 is 2.00 bits per heavy atom. The number of aryl methyl sites for hydroxylation is 1. The predicted molar refractivity (Wildman–Crippen MR) is 204 cm³/mol. The number of hydrogen-bond acceptors (Lipinski definition) is 10. The van der Waals surface area contributed by atoms with Gasteiger partial charge in [-0.1, -0.05) is 30.7 Å². The number of ether oxygens (including phenoxy) is 3. The zero-order valence-corrected chi connectivity index (χ0v) is 32.8. The first kappa shape index (κ1) is 39.9. The molecule has 0 saturated carbocycles. The summed E-state index contributed by atoms with van der Waals surface area (Å²) >= 11 is 6.44. The van der Waals surface area contributed by atoms with Gasteiger partial charge in [-0.3, -0.25) is 9.69 Å². The highest BCUT2D eigenvalue weighted by molar-refractivity contribution is 7.90. The van der Waals surface area contributed by atoms with Crippen molar-refractivity contribution in [2.45, 2.75) is 74.8 Å². The van der Waals surface area contributed by atoms with E-state index in [0.717, 1.165) is 25.7 Å². The van der Waals surface area contributed by atoms with Gasteiger partial charge in [0.2, 0.25) is 10.0 Å². The number of nitrogens with zero attached hydrogens (tertiary/aromatic N) is 3. The van der Waals surface area contributed by atoms with Crippen LogP contribution in [0.2, 0.25) is 5.02 Å². The molecule has 0 aromatic heterocycles. The van der Waals surface area contributed by atoms with Gasteiger partial charge in [0.1, 0.15) is 11.6 Å². The minimum Gasteiger partial charge on any atom is -0.490 e. The zero-order chi connectivity index (χ0) is 37.9. The van der Waals surface area contributed by atoms with Crippen molar-refractivity contribution in [1.82, 2.24) is 14.5 Å². The number of rotatable bonds is 9. The van der Waals surface area contributed by atoms with Crippen LogP contribution in [0.25, 0.3) is 0 Å². The highest BCUT2D eigenvalue weighted by Gasteiger charge is 2.45. The van der Waals surface area contributed by atoms with Gasteiger partial charge in [-0.05, 0) is 93.5 Å². The lowest BCUT2D eigenvalue weighted by atomic mass is 9.70. The predicted octanol–water partition coefficient (Wildman–Crippen LogP) is 4.55. The highest BCUT2D eigenvalue weighted by Crippen LogP contribution is 2.45. The Morgan fingerprint density at radius 3 is 2.75 bits per heavy atom. The SMILES string of the molecule is COCCOCCN(C)C[C@H](O)[C@H]1/C(F)=C/C[C@H](C)[C@@H](C)S(=O)(=O)NC(=O)c2ccc3c(c2)N(C[C@@H]2CCN21)C[C@@]1(CCCc2cc(Cl)ccc21)CO3. The largest absolute Gasteiger partial charge is 0.490 e. The molecule has 2 aromatic rings. The van der Waals surface area contributed by atoms with E-state index in [1.54, 1.807) is 32.2 Å². The summed E-state index contributed by atoms with van der Waals surface area (Å²) in [4.78, 5) is 19.7. The molecule has 292 valence electrons. The average Bonchev–Trinajstić information content (AvgIpc) is 3.26. The second-order valence-corrected chi connectivity index (χ2v) is 17.8. The van der Waals surface area contributed by atoms with Crippen molar-refractivity contribution in [2.24, 2.45) is 5.92 Å². The number of benzene rings is 2. The Morgan fingerprint density at radius 1 is 1.19 bits per heavy atom. The third-order valence-electron chi connectivity index (χ3n) is 11.7. The van der Waals surface area contributed by atoms with Crippen LogP contribution < -0.4 is 14.4 Å². The Bertz CT molecular complexity index is 1760. The first-order valence-corrected chi connectivity index (χ1v) is 20.7. The molecule has 6 rings (SSSR count). The Balaban J connectivity index is 1.37. The Kier molecular flexibility index (Phi) is 12.7. The second kappa shape index (κ2) is 16.9. The van der Waals surface area contributed by atoms with Crippen molar-refractivity contribution in [3.63, 3.8) is 0 Å². The highest BCUT2D eigenvalue weighted by atomic mass is 35.5. The molecule has 1 amide bonds. The number of nitrogens with one attached hydrogen (secondary N) is 1. The lowest BCUT2D eigenvalue weighted by Crippen LogP contribution is -2.62. The summed E-state index contributed by atoms with van der Waals surface area (Å²) in [6.07, 6.45) is 3.99. The molecule has 11 nitrogen and oxygen atoms in total. The third kappa shape index (κ3) is 8.87. The van der Waals surface area contributed by atoms with Gasteiger partial charge in [-0.25, -0.2) is 17.5 Å². The van der Waals surface area contributed by atoms with E-state index in [-0.39, 0.29) is 30.0 Å². The molecular formula is C39H54ClFN4O7S. The zero-order valence-electron chi connectivity index (χ0n) is 31.2. The number of amides is 1. The molecule has 3 aliphatic heterocycles. The second-order valence-electron chi connectivity index (χ2n) is 15.3. The van der Waals surface area contributed by atoms with Crippen molar-refractivity contribution in [2.75, 3.05) is 78.2 Å². The number of likely N-dealkylation sites (N-methyl/N-ethyl adjacent to an activating group) is 1. The molecule has 1 fully saturated rings. The van der Waals surface area contributed by atoms with Crippen molar-refractivity contribution >= 4 is 33.2 Å². The van der Waals surface area contributed by atoms with Crippen LogP contribution in [0.1, 0.15) is 61.0 Å². The number of anilines is 1. The number of carbonyl (C=O) groups excluding carboxylic acids is 1. The van der Waals surface area contributed by atoms with Crippen molar-refractivity contribution in [1.29, 1.82) is 0 Å². The maximum absolute atomic E-state index is 16.6. The van der Waals surface area contributed by atoms with Gasteiger partial charge in [-0.15, -0.1) is 0 Å². The van der Waals surface area contributed by atoms with Crippen LogP contribution in [0, 0.1) is 5.92 Å². The maximum atomic E-state index is 16.6. The fourth-order valence-electron chi connectivity index (χ4n) is 8.27. The summed E-state index contributed by atoms with van der Waals surface area (Å²) < 4.78 is 63.1. The number of aliphatic hydroxyl groups excluding tert-OH is 1. The van der Waals surface area contributed by atoms with Crippen LogP contribution in [0.5, 0.6) is 5.75 Å². The van der Waals surface area contributed by atoms with E-state index in [9.17, 15) is 18.3 Å². The number of carbonyl (C=O) groups is 1. The quantitative estimate of drug-likeness (QED) is 0.351. The number of fused-ring (bicyclic) bond motifs is 4. The van der Waals surface area contributed by atoms with E-state index in [4.69, 9.17) is 25.8 Å². The molecule has 0 radical (unpaired) electrons. The van der Waals surface area contributed by atoms with E-state index in [0.29, 0.717) is 69.1 Å². The van der Waals surface area contributed by atoms with E-state index in [1.807, 2.05) is 29.0 Å². The van der Waals surface area contributed by atoms with Gasteiger partial charge >= 0.3 is 0 Å². The van der Waals surface area contributed by atoms with Gasteiger partial charge in [-0.2, -0.15) is 0 Å². The molecule has 1 aliphatic carbocycles. The number of halogens is 2. The molecule has 2 bridgehead atoms. The molecular weight excluding hydrogens is 723 g/mol. The minimum absolute atomic E-state index is 0.112. The van der Waals surface area contributed by atoms with Crippen molar-refractivity contribution < 1.29 is 36.9 Å². The van der Waals surface area contributed by atoms with Gasteiger partial charge < -0.3 is 29.1 Å². The summed E-state index contributed by atoms with van der Waals surface area (Å²) in [7, 11) is -0.629. The maximum Gasteiger partial charge on any atom is 0.264 e. The first-order chi connectivity index (χ1) is 25.3. The topological polar surface area (TPSA) is 121 Å². The summed E-state index contributed by atoms with van der Waals surface area (Å²) in [5.41, 5.74) is 2.87. The van der Waals surface area contributed by atoms with E-state index < -0.39 is 45.1 Å². The molecule has 53 heavy (non-hydrogen) atoms. The molecule has 1 spiro atoms. The van der Waals surface area contributed by atoms with Crippen LogP contribution in [0.3, 0.4) is 0 Å². The van der Waals surface area contributed by atoms with Gasteiger partial charge in [0.05, 0.1) is 49.5 Å². The first-order valence-electron chi connectivity index (χ1n) is 18.7. The van der Waals surface area contributed by atoms with E-state index >= 15 is 4.39 Å². The number of methoxy groups -OCH3 is 1. The lowest BCUT2D eigenvalue weighted by molar-refractivity contribution is -0.0281. The molecule has 0 unspecified atom stereocenters. The number of aliphatic hydroxyl groups is 1. The van der Waals surface area contributed by atoms with Gasteiger partial charge in [0.25, 0.3) is 5.91 Å². The van der Waals surface area contributed by atoms with Crippen LogP contribution in [-0.4, -0.2) is 126 Å². The lowest BCUT2D eigenvalue weighted by Gasteiger charge is -2.50. The van der Waals surface area contributed by atoms with Crippen LogP contribution in [0.4, 0.5) is 10.1 Å². The fourth-order valence-corrected chi connectivity index (χ4v) is 9.75. The summed E-state index contributed by atoms with van der Waals surface area (Å²) in [5.74, 6) is -1.14. The molecule has 6 atom stereocenters. The minimum atomic E-state index is -4.12. The van der Waals surface area contributed by atoms with E-state index in [2.05, 4.69) is 15.7 Å². The van der Waals surface area contributed by atoms with Crippen molar-refractivity contribution in [3.8, 4) is 5.75 Å². The Labute approximate surface area is 318 Å². The molecule has 1 saturated heterocycles. The van der Waals surface area contributed by atoms with E-state index in [1.165, 1.54) is 24.1 Å². The molecule has 2 aromatic carbocycles. The number of allylic oxidation sites excluding steroid dienone is 1. The summed E-state index contributed by atoms with van der Waals surface area (Å²) in [5, 5.41) is 11.4. The monoisotopic (exact) mass is 776 g/mol. The van der Waals surface area contributed by atoms with Gasteiger partial charge in [0, 0.05) is 61.9 Å². The van der Waals surface area contributed by atoms with Crippen LogP contribution in [0.15, 0.2) is 48.3 Å². The third-order valence-corrected chi connectivity index (χ3v) is 13.8. The number of hydrogen-bond donors (Lipinski definition) is 2. The van der Waals surface area contributed by atoms with Gasteiger partial charge in [0.15, 0.2) is 0 Å². The van der Waals surface area contributed by atoms with Crippen LogP contribution in [-0.2, 0) is 31.3 Å².